The van der Waals surface area contributed by atoms with Gasteiger partial charge in [-0.15, -0.1) is 0 Å². The Morgan fingerprint density at radius 2 is 2.00 bits per heavy atom. The van der Waals surface area contributed by atoms with E-state index in [1.54, 1.807) is 6.20 Å². The molecule has 0 aliphatic carbocycles. The van der Waals surface area contributed by atoms with E-state index in [0.29, 0.717) is 13.0 Å². The first kappa shape index (κ1) is 16.7. The zero-order valence-electron chi connectivity index (χ0n) is 13.6. The Bertz CT molecular complexity index is 694. The number of hydrogen-bond acceptors (Lipinski definition) is 4. The maximum Gasteiger partial charge on any atom is 0.239 e. The summed E-state index contributed by atoms with van der Waals surface area (Å²) in [5.41, 5.74) is 3.03. The molecule has 23 heavy (non-hydrogen) atoms. The van der Waals surface area contributed by atoms with Crippen LogP contribution in [0.4, 0.5) is 0 Å². The average molecular weight is 315 g/mol. The lowest BCUT2D eigenvalue weighted by molar-refractivity contribution is -0.125. The minimum atomic E-state index is -0.219. The van der Waals surface area contributed by atoms with Crippen LogP contribution in [-0.2, 0) is 16.0 Å². The summed E-state index contributed by atoms with van der Waals surface area (Å²) < 4.78 is 1.81. The molecule has 122 valence electrons. The van der Waals surface area contributed by atoms with E-state index in [1.165, 1.54) is 6.92 Å². The maximum atomic E-state index is 11.6. The van der Waals surface area contributed by atoms with Gasteiger partial charge in [-0.05, 0) is 38.0 Å². The van der Waals surface area contributed by atoms with Crippen LogP contribution in [0, 0.1) is 13.8 Å². The number of carbonyl (C=O) groups excluding carboxylic acids is 2. The number of amides is 2. The van der Waals surface area contributed by atoms with Gasteiger partial charge in [-0.1, -0.05) is 6.07 Å². The highest BCUT2D eigenvalue weighted by Gasteiger charge is 2.13. The Kier molecular flexibility index (Phi) is 5.46. The summed E-state index contributed by atoms with van der Waals surface area (Å²) in [7, 11) is 0. The summed E-state index contributed by atoms with van der Waals surface area (Å²) in [6.07, 6.45) is 2.41. The molecule has 0 spiro atoms. The Morgan fingerprint density at radius 3 is 2.65 bits per heavy atom. The van der Waals surface area contributed by atoms with Crippen LogP contribution in [-0.4, -0.2) is 39.7 Å². The molecule has 2 rings (SSSR count). The lowest BCUT2D eigenvalue weighted by Gasteiger charge is -2.07. The SMILES string of the molecule is CC(=O)NCC(=O)NCCc1c(C)nn(-c2ccccn2)c1C. The van der Waals surface area contributed by atoms with Crippen molar-refractivity contribution >= 4 is 11.8 Å². The number of aryl methyl sites for hydroxylation is 1. The van der Waals surface area contributed by atoms with Gasteiger partial charge in [0.2, 0.25) is 11.8 Å². The van der Waals surface area contributed by atoms with Crippen molar-refractivity contribution in [2.45, 2.75) is 27.2 Å². The van der Waals surface area contributed by atoms with E-state index in [-0.39, 0.29) is 18.4 Å². The smallest absolute Gasteiger partial charge is 0.239 e. The third-order valence-electron chi connectivity index (χ3n) is 3.50. The molecule has 2 amide bonds. The molecular formula is C16H21N5O2. The third kappa shape index (κ3) is 4.38. The average Bonchev–Trinajstić information content (AvgIpc) is 2.82. The van der Waals surface area contributed by atoms with Gasteiger partial charge < -0.3 is 10.6 Å². The van der Waals surface area contributed by atoms with E-state index in [2.05, 4.69) is 20.7 Å². The molecule has 0 aliphatic rings. The number of aromatic nitrogens is 3. The van der Waals surface area contributed by atoms with Crippen molar-refractivity contribution < 1.29 is 9.59 Å². The summed E-state index contributed by atoms with van der Waals surface area (Å²) in [4.78, 5) is 26.6. The number of hydrogen-bond donors (Lipinski definition) is 2. The molecule has 0 saturated carbocycles. The van der Waals surface area contributed by atoms with E-state index in [0.717, 1.165) is 22.8 Å². The fourth-order valence-corrected chi connectivity index (χ4v) is 2.33. The number of nitrogens with zero attached hydrogens (tertiary/aromatic N) is 3. The van der Waals surface area contributed by atoms with Gasteiger partial charge in [0.05, 0.1) is 12.2 Å². The van der Waals surface area contributed by atoms with Crippen LogP contribution in [0.15, 0.2) is 24.4 Å². The van der Waals surface area contributed by atoms with Crippen molar-refractivity contribution in [2.75, 3.05) is 13.1 Å². The molecule has 0 bridgehead atoms. The highest BCUT2D eigenvalue weighted by atomic mass is 16.2. The molecule has 2 heterocycles. The largest absolute Gasteiger partial charge is 0.354 e. The van der Waals surface area contributed by atoms with Gasteiger partial charge in [-0.25, -0.2) is 9.67 Å². The summed E-state index contributed by atoms with van der Waals surface area (Å²) in [6.45, 7) is 5.81. The van der Waals surface area contributed by atoms with E-state index >= 15 is 0 Å². The molecule has 0 radical (unpaired) electrons. The molecule has 2 aromatic heterocycles. The van der Waals surface area contributed by atoms with Crippen LogP contribution >= 0.6 is 0 Å². The molecule has 0 unspecified atom stereocenters. The molecular weight excluding hydrogens is 294 g/mol. The summed E-state index contributed by atoms with van der Waals surface area (Å²) >= 11 is 0. The second-order valence-electron chi connectivity index (χ2n) is 5.26. The van der Waals surface area contributed by atoms with Crippen LogP contribution in [0.25, 0.3) is 5.82 Å². The fourth-order valence-electron chi connectivity index (χ4n) is 2.33. The van der Waals surface area contributed by atoms with Crippen molar-refractivity contribution in [3.8, 4) is 5.82 Å². The van der Waals surface area contributed by atoms with Gasteiger partial charge in [0.15, 0.2) is 5.82 Å². The molecule has 2 N–H and O–H groups in total. The molecule has 0 fully saturated rings. The number of nitrogens with one attached hydrogen (secondary N) is 2. The fraction of sp³-hybridized carbons (Fsp3) is 0.375. The highest BCUT2D eigenvalue weighted by molar-refractivity contribution is 5.83. The van der Waals surface area contributed by atoms with E-state index in [1.807, 2.05) is 36.7 Å². The first-order valence-corrected chi connectivity index (χ1v) is 7.46. The van der Waals surface area contributed by atoms with E-state index < -0.39 is 0 Å². The molecule has 2 aromatic rings. The first-order valence-electron chi connectivity index (χ1n) is 7.46. The number of carbonyl (C=O) groups is 2. The summed E-state index contributed by atoms with van der Waals surface area (Å²) in [5.74, 6) is 0.352. The quantitative estimate of drug-likeness (QED) is 0.820. The van der Waals surface area contributed by atoms with Crippen molar-refractivity contribution in [3.05, 3.63) is 41.3 Å². The van der Waals surface area contributed by atoms with Gasteiger partial charge in [-0.2, -0.15) is 5.10 Å². The Labute approximate surface area is 135 Å². The molecule has 7 heteroatoms. The van der Waals surface area contributed by atoms with Crippen LogP contribution in [0.5, 0.6) is 0 Å². The zero-order chi connectivity index (χ0) is 16.8. The van der Waals surface area contributed by atoms with Gasteiger partial charge >= 0.3 is 0 Å². The van der Waals surface area contributed by atoms with Gasteiger partial charge in [0, 0.05) is 25.4 Å². The predicted molar refractivity (Wildman–Crippen MR) is 86.2 cm³/mol. The van der Waals surface area contributed by atoms with Crippen LogP contribution in [0.3, 0.4) is 0 Å². The normalized spacial score (nSPS) is 10.4. The lowest BCUT2D eigenvalue weighted by atomic mass is 10.1. The topological polar surface area (TPSA) is 88.9 Å². The van der Waals surface area contributed by atoms with Crippen molar-refractivity contribution in [3.63, 3.8) is 0 Å². The summed E-state index contributed by atoms with van der Waals surface area (Å²) in [5, 5.41) is 9.77. The number of rotatable bonds is 6. The molecule has 0 aromatic carbocycles. The molecule has 0 aliphatic heterocycles. The molecule has 7 nitrogen and oxygen atoms in total. The van der Waals surface area contributed by atoms with E-state index in [4.69, 9.17) is 0 Å². The molecule has 0 atom stereocenters. The van der Waals surface area contributed by atoms with Crippen LogP contribution in [0.2, 0.25) is 0 Å². The van der Waals surface area contributed by atoms with Crippen molar-refractivity contribution in [2.24, 2.45) is 0 Å². The van der Waals surface area contributed by atoms with Gasteiger partial charge in [0.25, 0.3) is 0 Å². The highest BCUT2D eigenvalue weighted by Crippen LogP contribution is 2.16. The van der Waals surface area contributed by atoms with Crippen LogP contribution in [0.1, 0.15) is 23.9 Å². The Morgan fingerprint density at radius 1 is 1.22 bits per heavy atom. The minimum absolute atomic E-state index is 0.000491. The predicted octanol–water partition coefficient (Wildman–Crippen LogP) is 0.679. The van der Waals surface area contributed by atoms with Crippen LogP contribution < -0.4 is 10.6 Å². The van der Waals surface area contributed by atoms with Gasteiger partial charge in [0.1, 0.15) is 0 Å². The second-order valence-corrected chi connectivity index (χ2v) is 5.26. The minimum Gasteiger partial charge on any atom is -0.354 e. The third-order valence-corrected chi connectivity index (χ3v) is 3.50. The van der Waals surface area contributed by atoms with E-state index in [9.17, 15) is 9.59 Å². The lowest BCUT2D eigenvalue weighted by Crippen LogP contribution is -2.36. The van der Waals surface area contributed by atoms with Crippen molar-refractivity contribution in [1.29, 1.82) is 0 Å². The Balaban J connectivity index is 1.97. The number of pyridine rings is 1. The monoisotopic (exact) mass is 315 g/mol. The standard InChI is InChI=1S/C16H21N5O2/c1-11-14(7-9-18-16(23)10-19-13(3)22)12(2)21(20-11)15-6-4-5-8-17-15/h4-6,8H,7,9-10H2,1-3H3,(H,18,23)(H,19,22). The summed E-state index contributed by atoms with van der Waals surface area (Å²) in [6, 6.07) is 5.68. The zero-order valence-corrected chi connectivity index (χ0v) is 13.6. The van der Waals surface area contributed by atoms with Crippen molar-refractivity contribution in [1.82, 2.24) is 25.4 Å². The Hall–Kier alpha value is -2.70. The maximum absolute atomic E-state index is 11.6. The first-order chi connectivity index (χ1) is 11.0. The van der Waals surface area contributed by atoms with Gasteiger partial charge in [-0.3, -0.25) is 9.59 Å². The molecule has 0 saturated heterocycles. The second kappa shape index (κ2) is 7.53.